The average molecular weight is 292 g/mol. The SMILES string of the molecule is COc1ccc(Oc2ccc(Oc3ccccc3)cc2)cc1. The van der Waals surface area contributed by atoms with Crippen molar-refractivity contribution in [3.8, 4) is 28.7 Å². The summed E-state index contributed by atoms with van der Waals surface area (Å²) in [5.74, 6) is 3.90. The molecule has 3 rings (SSSR count). The number of para-hydroxylation sites is 1. The van der Waals surface area contributed by atoms with Crippen molar-refractivity contribution in [1.29, 1.82) is 0 Å². The van der Waals surface area contributed by atoms with E-state index in [-0.39, 0.29) is 0 Å². The van der Waals surface area contributed by atoms with Crippen LogP contribution in [0.3, 0.4) is 0 Å². The lowest BCUT2D eigenvalue weighted by Gasteiger charge is -2.08. The van der Waals surface area contributed by atoms with Crippen LogP contribution >= 0.6 is 0 Å². The van der Waals surface area contributed by atoms with Crippen LogP contribution < -0.4 is 14.2 Å². The maximum Gasteiger partial charge on any atom is 0.127 e. The highest BCUT2D eigenvalue weighted by molar-refractivity contribution is 5.39. The van der Waals surface area contributed by atoms with Crippen LogP contribution in [0.5, 0.6) is 28.7 Å². The summed E-state index contributed by atoms with van der Waals surface area (Å²) in [6.45, 7) is 0. The maximum absolute atomic E-state index is 5.77. The smallest absolute Gasteiger partial charge is 0.127 e. The van der Waals surface area contributed by atoms with Crippen molar-refractivity contribution in [2.24, 2.45) is 0 Å². The van der Waals surface area contributed by atoms with Gasteiger partial charge in [-0.2, -0.15) is 0 Å². The zero-order chi connectivity index (χ0) is 15.2. The highest BCUT2D eigenvalue weighted by Crippen LogP contribution is 2.27. The van der Waals surface area contributed by atoms with Crippen molar-refractivity contribution < 1.29 is 14.2 Å². The fourth-order valence-electron chi connectivity index (χ4n) is 1.98. The summed E-state index contributed by atoms with van der Waals surface area (Å²) in [5, 5.41) is 0. The van der Waals surface area contributed by atoms with Crippen LogP contribution in [0.15, 0.2) is 78.9 Å². The third-order valence-corrected chi connectivity index (χ3v) is 3.10. The molecular formula is C19H16O3. The minimum absolute atomic E-state index is 0.755. The molecule has 3 aromatic carbocycles. The summed E-state index contributed by atoms with van der Waals surface area (Å²) in [6.07, 6.45) is 0. The number of hydrogen-bond donors (Lipinski definition) is 0. The summed E-state index contributed by atoms with van der Waals surface area (Å²) < 4.78 is 16.6. The van der Waals surface area contributed by atoms with Crippen molar-refractivity contribution in [3.05, 3.63) is 78.9 Å². The second kappa shape index (κ2) is 6.68. The van der Waals surface area contributed by atoms with E-state index in [2.05, 4.69) is 0 Å². The van der Waals surface area contributed by atoms with Crippen molar-refractivity contribution in [3.63, 3.8) is 0 Å². The molecule has 0 aliphatic rings. The molecule has 0 heterocycles. The summed E-state index contributed by atoms with van der Waals surface area (Å²) >= 11 is 0. The van der Waals surface area contributed by atoms with Gasteiger partial charge in [0.1, 0.15) is 28.7 Å². The lowest BCUT2D eigenvalue weighted by molar-refractivity contribution is 0.413. The fourth-order valence-corrected chi connectivity index (χ4v) is 1.98. The second-order valence-corrected chi connectivity index (χ2v) is 4.66. The first-order valence-electron chi connectivity index (χ1n) is 6.98. The lowest BCUT2D eigenvalue weighted by Crippen LogP contribution is -1.87. The van der Waals surface area contributed by atoms with Crippen LogP contribution in [-0.2, 0) is 0 Å². The number of ether oxygens (including phenoxy) is 3. The summed E-state index contributed by atoms with van der Waals surface area (Å²) in [5.41, 5.74) is 0. The largest absolute Gasteiger partial charge is 0.497 e. The molecule has 0 aromatic heterocycles. The molecule has 0 aliphatic carbocycles. The number of rotatable bonds is 5. The molecule has 0 saturated carbocycles. The summed E-state index contributed by atoms with van der Waals surface area (Å²) in [7, 11) is 1.64. The highest BCUT2D eigenvalue weighted by atomic mass is 16.5. The molecule has 0 amide bonds. The minimum Gasteiger partial charge on any atom is -0.497 e. The first-order valence-corrected chi connectivity index (χ1v) is 6.98. The molecule has 3 heteroatoms. The Morgan fingerprint density at radius 1 is 0.455 bits per heavy atom. The van der Waals surface area contributed by atoms with Gasteiger partial charge in [-0.15, -0.1) is 0 Å². The van der Waals surface area contributed by atoms with Gasteiger partial charge < -0.3 is 14.2 Å². The van der Waals surface area contributed by atoms with E-state index >= 15 is 0 Å². The quantitative estimate of drug-likeness (QED) is 0.640. The summed E-state index contributed by atoms with van der Waals surface area (Å²) in [6, 6.07) is 24.7. The van der Waals surface area contributed by atoms with Crippen LogP contribution in [0.4, 0.5) is 0 Å². The molecule has 22 heavy (non-hydrogen) atoms. The number of hydrogen-bond acceptors (Lipinski definition) is 3. The van der Waals surface area contributed by atoms with Crippen molar-refractivity contribution in [2.75, 3.05) is 7.11 Å². The van der Waals surface area contributed by atoms with Crippen LogP contribution in [0.2, 0.25) is 0 Å². The second-order valence-electron chi connectivity index (χ2n) is 4.66. The van der Waals surface area contributed by atoms with E-state index in [9.17, 15) is 0 Å². The first kappa shape index (κ1) is 14.0. The molecule has 0 atom stereocenters. The van der Waals surface area contributed by atoms with Crippen molar-refractivity contribution >= 4 is 0 Å². The van der Waals surface area contributed by atoms with Gasteiger partial charge in [-0.05, 0) is 60.7 Å². The maximum atomic E-state index is 5.77. The molecule has 0 fully saturated rings. The predicted octanol–water partition coefficient (Wildman–Crippen LogP) is 5.28. The number of benzene rings is 3. The van der Waals surface area contributed by atoms with Crippen LogP contribution in [-0.4, -0.2) is 7.11 Å². The Labute approximate surface area is 129 Å². The van der Waals surface area contributed by atoms with Gasteiger partial charge in [-0.1, -0.05) is 18.2 Å². The van der Waals surface area contributed by atoms with Gasteiger partial charge in [0.15, 0.2) is 0 Å². The molecule has 0 spiro atoms. The molecule has 0 bridgehead atoms. The van der Waals surface area contributed by atoms with E-state index < -0.39 is 0 Å². The molecule has 0 N–H and O–H groups in total. The average Bonchev–Trinajstić information content (AvgIpc) is 2.58. The van der Waals surface area contributed by atoms with E-state index in [1.54, 1.807) is 7.11 Å². The van der Waals surface area contributed by atoms with Crippen LogP contribution in [0.1, 0.15) is 0 Å². The molecule has 3 aromatic rings. The molecule has 0 radical (unpaired) electrons. The van der Waals surface area contributed by atoms with E-state index in [1.165, 1.54) is 0 Å². The Balaban J connectivity index is 1.66. The Bertz CT molecular complexity index is 704. The molecule has 110 valence electrons. The van der Waals surface area contributed by atoms with Crippen molar-refractivity contribution in [1.82, 2.24) is 0 Å². The van der Waals surface area contributed by atoms with Gasteiger partial charge in [0.25, 0.3) is 0 Å². The monoisotopic (exact) mass is 292 g/mol. The van der Waals surface area contributed by atoms with E-state index in [1.807, 2.05) is 78.9 Å². The third-order valence-electron chi connectivity index (χ3n) is 3.10. The number of methoxy groups -OCH3 is 1. The Morgan fingerprint density at radius 3 is 1.23 bits per heavy atom. The van der Waals surface area contributed by atoms with Gasteiger partial charge in [0.05, 0.1) is 7.11 Å². The van der Waals surface area contributed by atoms with Gasteiger partial charge in [0, 0.05) is 0 Å². The van der Waals surface area contributed by atoms with E-state index in [0.29, 0.717) is 0 Å². The van der Waals surface area contributed by atoms with Gasteiger partial charge in [-0.3, -0.25) is 0 Å². The molecule has 3 nitrogen and oxygen atoms in total. The third kappa shape index (κ3) is 3.58. The molecule has 0 aliphatic heterocycles. The van der Waals surface area contributed by atoms with Crippen LogP contribution in [0, 0.1) is 0 Å². The zero-order valence-corrected chi connectivity index (χ0v) is 12.2. The van der Waals surface area contributed by atoms with Crippen LogP contribution in [0.25, 0.3) is 0 Å². The Kier molecular flexibility index (Phi) is 4.25. The van der Waals surface area contributed by atoms with E-state index in [4.69, 9.17) is 14.2 Å². The summed E-state index contributed by atoms with van der Waals surface area (Å²) in [4.78, 5) is 0. The van der Waals surface area contributed by atoms with E-state index in [0.717, 1.165) is 28.7 Å². The highest BCUT2D eigenvalue weighted by Gasteiger charge is 2.00. The minimum atomic E-state index is 0.755. The van der Waals surface area contributed by atoms with Gasteiger partial charge >= 0.3 is 0 Å². The van der Waals surface area contributed by atoms with Crippen molar-refractivity contribution in [2.45, 2.75) is 0 Å². The Morgan fingerprint density at radius 2 is 0.818 bits per heavy atom. The van der Waals surface area contributed by atoms with Gasteiger partial charge in [-0.25, -0.2) is 0 Å². The fraction of sp³-hybridized carbons (Fsp3) is 0.0526. The standard InChI is InChI=1S/C19H16O3/c1-20-15-7-9-17(10-8-15)22-19-13-11-18(12-14-19)21-16-5-3-2-4-6-16/h2-14H,1H3. The topological polar surface area (TPSA) is 27.7 Å². The zero-order valence-electron chi connectivity index (χ0n) is 12.2. The molecule has 0 saturated heterocycles. The molecular weight excluding hydrogens is 276 g/mol. The normalized spacial score (nSPS) is 10.0. The molecule has 0 unspecified atom stereocenters. The first-order chi connectivity index (χ1) is 10.8. The Hall–Kier alpha value is -2.94. The van der Waals surface area contributed by atoms with Gasteiger partial charge in [0.2, 0.25) is 0 Å². The lowest BCUT2D eigenvalue weighted by atomic mass is 10.3. The predicted molar refractivity (Wildman–Crippen MR) is 86.0 cm³/mol.